The van der Waals surface area contributed by atoms with Crippen molar-refractivity contribution in [1.29, 1.82) is 0 Å². The standard InChI is InChI=1S/C12H12F2N4O/c13-6-3-7(14)11-8(4-6)17-10(18-11)5-9-12(19)16-2-1-15-9/h3-4,9,15H,1-2,5H2,(H,16,19)(H,17,18). The number of carbonyl (C=O) groups excluding carboxylic acids is 1. The van der Waals surface area contributed by atoms with Crippen molar-refractivity contribution in [1.82, 2.24) is 20.6 Å². The van der Waals surface area contributed by atoms with Gasteiger partial charge in [-0.1, -0.05) is 0 Å². The molecular formula is C12H12F2N4O. The van der Waals surface area contributed by atoms with Crippen molar-refractivity contribution in [2.24, 2.45) is 0 Å². The molecule has 0 radical (unpaired) electrons. The quantitative estimate of drug-likeness (QED) is 0.740. The van der Waals surface area contributed by atoms with Crippen LogP contribution in [0, 0.1) is 11.6 Å². The van der Waals surface area contributed by atoms with Crippen molar-refractivity contribution < 1.29 is 13.6 Å². The van der Waals surface area contributed by atoms with Gasteiger partial charge in [-0.2, -0.15) is 0 Å². The Hall–Kier alpha value is -2.02. The van der Waals surface area contributed by atoms with Crippen LogP contribution in [0.4, 0.5) is 8.78 Å². The Balaban J connectivity index is 1.89. The van der Waals surface area contributed by atoms with Gasteiger partial charge in [0.05, 0.1) is 11.6 Å². The number of nitrogens with zero attached hydrogens (tertiary/aromatic N) is 1. The predicted molar refractivity (Wildman–Crippen MR) is 64.5 cm³/mol. The smallest absolute Gasteiger partial charge is 0.237 e. The van der Waals surface area contributed by atoms with Gasteiger partial charge >= 0.3 is 0 Å². The van der Waals surface area contributed by atoms with Crippen molar-refractivity contribution in [3.63, 3.8) is 0 Å². The maximum absolute atomic E-state index is 13.5. The second kappa shape index (κ2) is 4.58. The molecule has 1 saturated heterocycles. The first-order chi connectivity index (χ1) is 9.13. The molecule has 1 aromatic heterocycles. The van der Waals surface area contributed by atoms with E-state index in [1.165, 1.54) is 6.07 Å². The zero-order valence-electron chi connectivity index (χ0n) is 9.96. The van der Waals surface area contributed by atoms with Crippen LogP contribution in [0.15, 0.2) is 12.1 Å². The average molecular weight is 266 g/mol. The van der Waals surface area contributed by atoms with Crippen molar-refractivity contribution in [3.8, 4) is 0 Å². The van der Waals surface area contributed by atoms with Gasteiger partial charge in [-0.25, -0.2) is 13.8 Å². The summed E-state index contributed by atoms with van der Waals surface area (Å²) < 4.78 is 26.6. The molecule has 3 rings (SSSR count). The highest BCUT2D eigenvalue weighted by molar-refractivity contribution is 5.83. The molecule has 0 bridgehead atoms. The molecule has 1 fully saturated rings. The number of piperazine rings is 1. The SMILES string of the molecule is O=C1NCCNC1Cc1nc2c(F)cc(F)cc2[nH]1. The lowest BCUT2D eigenvalue weighted by Gasteiger charge is -2.22. The first-order valence-corrected chi connectivity index (χ1v) is 5.98. The molecule has 1 atom stereocenters. The number of carbonyl (C=O) groups is 1. The van der Waals surface area contributed by atoms with Gasteiger partial charge in [0.25, 0.3) is 0 Å². The van der Waals surface area contributed by atoms with E-state index in [0.717, 1.165) is 6.07 Å². The van der Waals surface area contributed by atoms with Gasteiger partial charge in [0, 0.05) is 25.6 Å². The third kappa shape index (κ3) is 2.28. The number of imidazole rings is 1. The minimum atomic E-state index is -0.710. The first kappa shape index (κ1) is 12.0. The number of halogens is 2. The summed E-state index contributed by atoms with van der Waals surface area (Å²) in [4.78, 5) is 18.5. The van der Waals surface area contributed by atoms with Gasteiger partial charge in [0.15, 0.2) is 5.82 Å². The number of hydrogen-bond donors (Lipinski definition) is 3. The molecule has 1 unspecified atom stereocenters. The molecular weight excluding hydrogens is 254 g/mol. The molecule has 19 heavy (non-hydrogen) atoms. The Morgan fingerprint density at radius 1 is 1.32 bits per heavy atom. The lowest BCUT2D eigenvalue weighted by molar-refractivity contribution is -0.124. The van der Waals surface area contributed by atoms with Crippen LogP contribution in [0.3, 0.4) is 0 Å². The topological polar surface area (TPSA) is 69.8 Å². The van der Waals surface area contributed by atoms with Crippen molar-refractivity contribution in [3.05, 3.63) is 29.6 Å². The maximum atomic E-state index is 13.5. The first-order valence-electron chi connectivity index (χ1n) is 5.98. The van der Waals surface area contributed by atoms with Crippen molar-refractivity contribution in [2.45, 2.75) is 12.5 Å². The summed E-state index contributed by atoms with van der Waals surface area (Å²) in [6.45, 7) is 1.27. The molecule has 0 spiro atoms. The van der Waals surface area contributed by atoms with E-state index in [0.29, 0.717) is 30.9 Å². The minimum absolute atomic E-state index is 0.0904. The Labute approximate surface area is 107 Å². The summed E-state index contributed by atoms with van der Waals surface area (Å²) in [5, 5.41) is 5.78. The van der Waals surface area contributed by atoms with Gasteiger partial charge in [-0.15, -0.1) is 0 Å². The fourth-order valence-corrected chi connectivity index (χ4v) is 2.20. The number of amides is 1. The second-order valence-electron chi connectivity index (χ2n) is 4.47. The summed E-state index contributed by atoms with van der Waals surface area (Å²) in [7, 11) is 0. The molecule has 5 nitrogen and oxygen atoms in total. The van der Waals surface area contributed by atoms with Crippen LogP contribution in [0.2, 0.25) is 0 Å². The fourth-order valence-electron chi connectivity index (χ4n) is 2.20. The van der Waals surface area contributed by atoms with Crippen molar-refractivity contribution >= 4 is 16.9 Å². The Kier molecular flexibility index (Phi) is 2.90. The summed E-state index contributed by atoms with van der Waals surface area (Å²) >= 11 is 0. The predicted octanol–water partition coefficient (Wildman–Crippen LogP) is 0.472. The second-order valence-corrected chi connectivity index (χ2v) is 4.47. The van der Waals surface area contributed by atoms with Crippen molar-refractivity contribution in [2.75, 3.05) is 13.1 Å². The van der Waals surface area contributed by atoms with E-state index in [9.17, 15) is 13.6 Å². The molecule has 2 aromatic rings. The summed E-state index contributed by atoms with van der Waals surface area (Å²) in [5.41, 5.74) is 0.385. The van der Waals surface area contributed by atoms with Crippen LogP contribution < -0.4 is 10.6 Å². The normalized spacial score (nSPS) is 19.7. The van der Waals surface area contributed by atoms with E-state index >= 15 is 0 Å². The molecule has 100 valence electrons. The van der Waals surface area contributed by atoms with E-state index in [4.69, 9.17) is 0 Å². The van der Waals surface area contributed by atoms with E-state index < -0.39 is 17.7 Å². The third-order valence-corrected chi connectivity index (χ3v) is 3.08. The lowest BCUT2D eigenvalue weighted by Crippen LogP contribution is -2.53. The number of aromatic amines is 1. The van der Waals surface area contributed by atoms with Gasteiger partial charge in [0.2, 0.25) is 5.91 Å². The molecule has 7 heteroatoms. The minimum Gasteiger partial charge on any atom is -0.353 e. The van der Waals surface area contributed by atoms with Gasteiger partial charge in [-0.05, 0) is 6.07 Å². The number of nitrogens with one attached hydrogen (secondary N) is 3. The van der Waals surface area contributed by atoms with Crippen LogP contribution in [0.25, 0.3) is 11.0 Å². The zero-order valence-corrected chi connectivity index (χ0v) is 9.96. The largest absolute Gasteiger partial charge is 0.353 e. The van der Waals surface area contributed by atoms with Gasteiger partial charge < -0.3 is 15.6 Å². The van der Waals surface area contributed by atoms with E-state index in [-0.39, 0.29) is 11.4 Å². The molecule has 1 aliphatic rings. The molecule has 0 aliphatic carbocycles. The zero-order chi connectivity index (χ0) is 13.4. The third-order valence-electron chi connectivity index (χ3n) is 3.08. The van der Waals surface area contributed by atoms with Gasteiger partial charge in [-0.3, -0.25) is 4.79 Å². The monoisotopic (exact) mass is 266 g/mol. The van der Waals surface area contributed by atoms with Gasteiger partial charge in [0.1, 0.15) is 17.2 Å². The molecule has 1 aromatic carbocycles. The highest BCUT2D eigenvalue weighted by Crippen LogP contribution is 2.18. The Bertz CT molecular complexity index is 640. The summed E-state index contributed by atoms with van der Waals surface area (Å²) in [5.74, 6) is -1.03. The van der Waals surface area contributed by atoms with Crippen LogP contribution >= 0.6 is 0 Å². The van der Waals surface area contributed by atoms with Crippen LogP contribution in [-0.4, -0.2) is 35.0 Å². The number of H-pyrrole nitrogens is 1. The van der Waals surface area contributed by atoms with E-state index in [1.807, 2.05) is 0 Å². The number of hydrogen-bond acceptors (Lipinski definition) is 3. The summed E-state index contributed by atoms with van der Waals surface area (Å²) in [6.07, 6.45) is 0.307. The number of benzene rings is 1. The summed E-state index contributed by atoms with van der Waals surface area (Å²) in [6, 6.07) is 1.57. The maximum Gasteiger partial charge on any atom is 0.237 e. The molecule has 1 aliphatic heterocycles. The lowest BCUT2D eigenvalue weighted by atomic mass is 10.1. The number of rotatable bonds is 2. The highest BCUT2D eigenvalue weighted by atomic mass is 19.1. The Morgan fingerprint density at radius 3 is 2.95 bits per heavy atom. The molecule has 2 heterocycles. The van der Waals surface area contributed by atoms with E-state index in [2.05, 4.69) is 20.6 Å². The average Bonchev–Trinajstić information content (AvgIpc) is 2.75. The number of aromatic nitrogens is 2. The number of fused-ring (bicyclic) bond motifs is 1. The van der Waals surface area contributed by atoms with Crippen LogP contribution in [0.1, 0.15) is 5.82 Å². The Morgan fingerprint density at radius 2 is 2.16 bits per heavy atom. The van der Waals surface area contributed by atoms with E-state index in [1.54, 1.807) is 0 Å². The molecule has 1 amide bonds. The molecule has 3 N–H and O–H groups in total. The van der Waals surface area contributed by atoms with Crippen LogP contribution in [-0.2, 0) is 11.2 Å². The molecule has 0 saturated carbocycles. The fraction of sp³-hybridized carbons (Fsp3) is 0.333. The van der Waals surface area contributed by atoms with Crippen LogP contribution in [0.5, 0.6) is 0 Å². The highest BCUT2D eigenvalue weighted by Gasteiger charge is 2.23.